The summed E-state index contributed by atoms with van der Waals surface area (Å²) in [5, 5.41) is 2.77. The molecule has 0 aromatic rings. The summed E-state index contributed by atoms with van der Waals surface area (Å²) in [5.74, 6) is -0.129. The Labute approximate surface area is 92.7 Å². The number of hydrogen-bond donors (Lipinski definition) is 1. The summed E-state index contributed by atoms with van der Waals surface area (Å²) in [5.41, 5.74) is 0. The van der Waals surface area contributed by atoms with Gasteiger partial charge in [0.2, 0.25) is 5.91 Å². The van der Waals surface area contributed by atoms with Crippen LogP contribution in [0.25, 0.3) is 0 Å². The molecular weight excluding hydrogens is 225 g/mol. The van der Waals surface area contributed by atoms with Crippen molar-refractivity contribution in [3.63, 3.8) is 0 Å². The minimum absolute atomic E-state index is 0.0788. The molecule has 0 aliphatic rings. The molecule has 1 unspecified atom stereocenters. The summed E-state index contributed by atoms with van der Waals surface area (Å²) < 4.78 is 39.4. The molecule has 0 aromatic heterocycles. The van der Waals surface area contributed by atoms with Crippen molar-refractivity contribution in [2.45, 2.75) is 19.1 Å². The second-order valence-corrected chi connectivity index (χ2v) is 3.58. The van der Waals surface area contributed by atoms with Gasteiger partial charge in [-0.3, -0.25) is 4.79 Å². The zero-order chi connectivity index (χ0) is 12.8. The number of nitrogens with zero attached hydrogens (tertiary/aromatic N) is 1. The van der Waals surface area contributed by atoms with Crippen LogP contribution in [-0.2, 0) is 9.53 Å². The number of rotatable bonds is 6. The van der Waals surface area contributed by atoms with E-state index in [0.717, 1.165) is 0 Å². The number of nitrogens with one attached hydrogen (secondary N) is 1. The summed E-state index contributed by atoms with van der Waals surface area (Å²) in [6, 6.07) is -0.426. The molecule has 0 aliphatic heterocycles. The van der Waals surface area contributed by atoms with Crippen LogP contribution in [0.1, 0.15) is 6.92 Å². The summed E-state index contributed by atoms with van der Waals surface area (Å²) in [7, 11) is 3.22. The lowest BCUT2D eigenvalue weighted by atomic mass is 10.3. The summed E-state index contributed by atoms with van der Waals surface area (Å²) in [6.07, 6.45) is -4.30. The number of ether oxygens (including phenoxy) is 1. The van der Waals surface area contributed by atoms with E-state index in [1.54, 1.807) is 21.0 Å². The fourth-order valence-electron chi connectivity index (χ4n) is 1.01. The third-order valence-corrected chi connectivity index (χ3v) is 1.77. The quantitative estimate of drug-likeness (QED) is 0.695. The van der Waals surface area contributed by atoms with Crippen molar-refractivity contribution in [2.24, 2.45) is 0 Å². The number of amides is 1. The molecule has 0 radical (unpaired) electrons. The number of halogens is 3. The number of carbonyl (C=O) groups excluding carboxylic acids is 1. The molecule has 0 fully saturated rings. The summed E-state index contributed by atoms with van der Waals surface area (Å²) in [6.45, 7) is 0.512. The lowest BCUT2D eigenvalue weighted by Gasteiger charge is -2.18. The van der Waals surface area contributed by atoms with Gasteiger partial charge in [0.1, 0.15) is 6.61 Å². The highest BCUT2D eigenvalue weighted by atomic mass is 19.4. The van der Waals surface area contributed by atoms with E-state index >= 15 is 0 Å². The monoisotopic (exact) mass is 242 g/mol. The van der Waals surface area contributed by atoms with Gasteiger partial charge in [-0.15, -0.1) is 0 Å². The average molecular weight is 242 g/mol. The minimum atomic E-state index is -4.30. The second kappa shape index (κ2) is 6.70. The second-order valence-electron chi connectivity index (χ2n) is 3.58. The Morgan fingerprint density at radius 3 is 2.44 bits per heavy atom. The van der Waals surface area contributed by atoms with Crippen LogP contribution >= 0.6 is 0 Å². The molecule has 0 heterocycles. The van der Waals surface area contributed by atoms with Crippen molar-refractivity contribution >= 4 is 5.91 Å². The van der Waals surface area contributed by atoms with Crippen molar-refractivity contribution in [2.75, 3.05) is 33.9 Å². The topological polar surface area (TPSA) is 41.6 Å². The van der Waals surface area contributed by atoms with Gasteiger partial charge in [-0.05, 0) is 6.92 Å². The molecule has 4 nitrogen and oxygen atoms in total. The highest BCUT2D eigenvalue weighted by Crippen LogP contribution is 2.13. The molecule has 0 spiro atoms. The normalized spacial score (nSPS) is 13.6. The zero-order valence-corrected chi connectivity index (χ0v) is 9.60. The fourth-order valence-corrected chi connectivity index (χ4v) is 1.01. The Bertz CT molecular complexity index is 219. The predicted octanol–water partition coefficient (Wildman–Crippen LogP) is 0.632. The van der Waals surface area contributed by atoms with Crippen LogP contribution in [0.2, 0.25) is 0 Å². The number of likely N-dealkylation sites (N-methyl/N-ethyl adjacent to an activating group) is 1. The fraction of sp³-hybridized carbons (Fsp3) is 0.889. The first kappa shape index (κ1) is 15.2. The van der Waals surface area contributed by atoms with Crippen molar-refractivity contribution in [3.8, 4) is 0 Å². The molecule has 0 saturated heterocycles. The van der Waals surface area contributed by atoms with Gasteiger partial charge in [-0.1, -0.05) is 0 Å². The van der Waals surface area contributed by atoms with E-state index in [0.29, 0.717) is 0 Å². The molecule has 1 atom stereocenters. The van der Waals surface area contributed by atoms with Crippen LogP contribution in [0.15, 0.2) is 0 Å². The summed E-state index contributed by atoms with van der Waals surface area (Å²) in [4.78, 5) is 12.7. The lowest BCUT2D eigenvalue weighted by molar-refractivity contribution is -0.173. The third-order valence-electron chi connectivity index (χ3n) is 1.77. The Hall–Kier alpha value is -0.820. The largest absolute Gasteiger partial charge is 0.411 e. The van der Waals surface area contributed by atoms with E-state index in [1.165, 1.54) is 4.90 Å². The molecule has 0 aliphatic carbocycles. The molecule has 16 heavy (non-hydrogen) atoms. The highest BCUT2D eigenvalue weighted by molar-refractivity contribution is 5.80. The van der Waals surface area contributed by atoms with Crippen LogP contribution in [0, 0.1) is 0 Å². The first-order chi connectivity index (χ1) is 7.24. The van der Waals surface area contributed by atoms with Gasteiger partial charge < -0.3 is 15.0 Å². The molecule has 1 N–H and O–H groups in total. The summed E-state index contributed by atoms with van der Waals surface area (Å²) >= 11 is 0. The molecular formula is C9H17F3N2O2. The molecule has 96 valence electrons. The van der Waals surface area contributed by atoms with Crippen LogP contribution < -0.4 is 5.32 Å². The Morgan fingerprint density at radius 2 is 2.00 bits per heavy atom. The Morgan fingerprint density at radius 1 is 1.44 bits per heavy atom. The van der Waals surface area contributed by atoms with Crippen LogP contribution in [0.3, 0.4) is 0 Å². The Kier molecular flexibility index (Phi) is 6.35. The third kappa shape index (κ3) is 7.47. The molecule has 7 heteroatoms. The maximum Gasteiger partial charge on any atom is 0.411 e. The maximum absolute atomic E-state index is 11.7. The lowest BCUT2D eigenvalue weighted by Crippen LogP contribution is -2.42. The van der Waals surface area contributed by atoms with E-state index in [2.05, 4.69) is 10.1 Å². The van der Waals surface area contributed by atoms with Crippen molar-refractivity contribution in [3.05, 3.63) is 0 Å². The smallest absolute Gasteiger partial charge is 0.371 e. The first-order valence-electron chi connectivity index (χ1n) is 4.83. The van der Waals surface area contributed by atoms with E-state index in [4.69, 9.17) is 0 Å². The van der Waals surface area contributed by atoms with E-state index in [-0.39, 0.29) is 19.1 Å². The number of alkyl halides is 3. The van der Waals surface area contributed by atoms with Gasteiger partial charge in [-0.25, -0.2) is 0 Å². The van der Waals surface area contributed by atoms with Gasteiger partial charge in [-0.2, -0.15) is 13.2 Å². The Balaban J connectivity index is 3.56. The average Bonchev–Trinajstić information content (AvgIpc) is 2.13. The zero-order valence-electron chi connectivity index (χ0n) is 9.60. The highest BCUT2D eigenvalue weighted by Gasteiger charge is 2.27. The predicted molar refractivity (Wildman–Crippen MR) is 53.0 cm³/mol. The van der Waals surface area contributed by atoms with Gasteiger partial charge in [0.15, 0.2) is 0 Å². The van der Waals surface area contributed by atoms with E-state index in [1.807, 2.05) is 0 Å². The number of carbonyl (C=O) groups is 1. The van der Waals surface area contributed by atoms with Crippen LogP contribution in [-0.4, -0.2) is 56.9 Å². The van der Waals surface area contributed by atoms with Crippen molar-refractivity contribution in [1.29, 1.82) is 0 Å². The van der Waals surface area contributed by atoms with Crippen molar-refractivity contribution < 1.29 is 22.7 Å². The van der Waals surface area contributed by atoms with Gasteiger partial charge in [0.25, 0.3) is 0 Å². The first-order valence-corrected chi connectivity index (χ1v) is 4.83. The standard InChI is InChI=1S/C9H17F3N2O2/c1-7(8(15)14(2)3)13-4-5-16-6-9(10,11)12/h7,13H,4-6H2,1-3H3. The van der Waals surface area contributed by atoms with Gasteiger partial charge in [0.05, 0.1) is 12.6 Å². The van der Waals surface area contributed by atoms with Crippen LogP contribution in [0.5, 0.6) is 0 Å². The van der Waals surface area contributed by atoms with Crippen LogP contribution in [0.4, 0.5) is 13.2 Å². The van der Waals surface area contributed by atoms with Gasteiger partial charge in [0, 0.05) is 20.6 Å². The molecule has 0 aromatic carbocycles. The van der Waals surface area contributed by atoms with Crippen molar-refractivity contribution in [1.82, 2.24) is 10.2 Å². The maximum atomic E-state index is 11.7. The molecule has 1 amide bonds. The molecule has 0 bridgehead atoms. The van der Waals surface area contributed by atoms with Gasteiger partial charge >= 0.3 is 6.18 Å². The van der Waals surface area contributed by atoms with E-state index in [9.17, 15) is 18.0 Å². The van der Waals surface area contributed by atoms with E-state index < -0.39 is 18.8 Å². The molecule has 0 rings (SSSR count). The molecule has 0 saturated carbocycles. The SMILES string of the molecule is CC(NCCOCC(F)(F)F)C(=O)N(C)C. The minimum Gasteiger partial charge on any atom is -0.371 e. The number of hydrogen-bond acceptors (Lipinski definition) is 3.